The first kappa shape index (κ1) is 12.5. The van der Waals surface area contributed by atoms with Crippen LogP contribution < -0.4 is 5.32 Å². The first-order valence-electron chi connectivity index (χ1n) is 6.42. The van der Waals surface area contributed by atoms with Crippen molar-refractivity contribution < 1.29 is 9.26 Å². The van der Waals surface area contributed by atoms with Gasteiger partial charge in [0.15, 0.2) is 0 Å². The summed E-state index contributed by atoms with van der Waals surface area (Å²) >= 11 is 0. The van der Waals surface area contributed by atoms with Crippen LogP contribution in [0.2, 0.25) is 0 Å². The Balaban J connectivity index is 2.18. The molecule has 1 aliphatic rings. The van der Waals surface area contributed by atoms with Gasteiger partial charge in [-0.15, -0.1) is 0 Å². The molecule has 5 nitrogen and oxygen atoms in total. The summed E-state index contributed by atoms with van der Waals surface area (Å²) in [5.74, 6) is 1.36. The largest absolute Gasteiger partial charge is 0.367 e. The number of ether oxygens (including phenoxy) is 1. The van der Waals surface area contributed by atoms with E-state index in [0.29, 0.717) is 19.0 Å². The summed E-state index contributed by atoms with van der Waals surface area (Å²) in [6, 6.07) is 0. The van der Waals surface area contributed by atoms with Crippen LogP contribution in [0.3, 0.4) is 0 Å². The molecule has 1 N–H and O–H groups in total. The third-order valence-corrected chi connectivity index (χ3v) is 3.29. The van der Waals surface area contributed by atoms with Crippen LogP contribution in [-0.4, -0.2) is 23.8 Å². The molecule has 5 heteroatoms. The number of nitrogens with one attached hydrogen (secondary N) is 1. The molecular formula is C12H21N3O2. The Bertz CT molecular complexity index is 340. The zero-order valence-corrected chi connectivity index (χ0v) is 10.7. The Morgan fingerprint density at radius 1 is 1.35 bits per heavy atom. The van der Waals surface area contributed by atoms with E-state index in [2.05, 4.69) is 15.5 Å². The molecule has 1 aromatic heterocycles. The zero-order valence-electron chi connectivity index (χ0n) is 10.7. The van der Waals surface area contributed by atoms with E-state index < -0.39 is 0 Å². The molecule has 17 heavy (non-hydrogen) atoms. The molecule has 0 radical (unpaired) electrons. The van der Waals surface area contributed by atoms with Crippen molar-refractivity contribution >= 4 is 0 Å². The van der Waals surface area contributed by atoms with Crippen molar-refractivity contribution in [3.63, 3.8) is 0 Å². The summed E-state index contributed by atoms with van der Waals surface area (Å²) in [5.41, 5.74) is -0.303. The van der Waals surface area contributed by atoms with Gasteiger partial charge in [-0.05, 0) is 26.8 Å². The molecule has 1 fully saturated rings. The lowest BCUT2D eigenvalue weighted by Gasteiger charge is -2.33. The topological polar surface area (TPSA) is 60.2 Å². The molecule has 1 heterocycles. The van der Waals surface area contributed by atoms with E-state index in [-0.39, 0.29) is 5.60 Å². The van der Waals surface area contributed by atoms with Crippen molar-refractivity contribution in [2.45, 2.75) is 51.2 Å². The fraction of sp³-hybridized carbons (Fsp3) is 0.833. The molecular weight excluding hydrogens is 218 g/mol. The van der Waals surface area contributed by atoms with Crippen molar-refractivity contribution in [1.82, 2.24) is 15.5 Å². The van der Waals surface area contributed by atoms with Gasteiger partial charge in [0.05, 0.1) is 6.54 Å². The summed E-state index contributed by atoms with van der Waals surface area (Å²) < 4.78 is 11.2. The number of hydrogen-bond acceptors (Lipinski definition) is 5. The third-order valence-electron chi connectivity index (χ3n) is 3.29. The van der Waals surface area contributed by atoms with Crippen LogP contribution in [0.15, 0.2) is 4.52 Å². The standard InChI is InChI=1S/C12H21N3O2/c1-3-16-12(7-5-4-6-8-12)11-14-10(9-13-2)17-15-11/h13H,3-9H2,1-2H3. The number of hydrogen-bond donors (Lipinski definition) is 1. The van der Waals surface area contributed by atoms with Gasteiger partial charge in [-0.2, -0.15) is 4.98 Å². The molecule has 0 bridgehead atoms. The van der Waals surface area contributed by atoms with Crippen LogP contribution >= 0.6 is 0 Å². The lowest BCUT2D eigenvalue weighted by atomic mass is 9.84. The second kappa shape index (κ2) is 5.60. The maximum absolute atomic E-state index is 5.94. The molecule has 0 aromatic carbocycles. The zero-order chi connectivity index (χ0) is 12.1. The lowest BCUT2D eigenvalue weighted by molar-refractivity contribution is -0.0777. The average molecular weight is 239 g/mol. The fourth-order valence-corrected chi connectivity index (χ4v) is 2.49. The summed E-state index contributed by atoms with van der Waals surface area (Å²) in [5, 5.41) is 7.11. The normalized spacial score (nSPS) is 19.4. The minimum atomic E-state index is -0.303. The van der Waals surface area contributed by atoms with Gasteiger partial charge in [0.1, 0.15) is 5.60 Å². The van der Waals surface area contributed by atoms with Crippen molar-refractivity contribution in [2.75, 3.05) is 13.7 Å². The van der Waals surface area contributed by atoms with Gasteiger partial charge in [-0.25, -0.2) is 0 Å². The second-order valence-corrected chi connectivity index (χ2v) is 4.53. The highest BCUT2D eigenvalue weighted by Gasteiger charge is 2.39. The summed E-state index contributed by atoms with van der Waals surface area (Å²) in [4.78, 5) is 4.45. The van der Waals surface area contributed by atoms with E-state index in [0.717, 1.165) is 18.7 Å². The maximum Gasteiger partial charge on any atom is 0.240 e. The SMILES string of the molecule is CCOC1(c2noc(CNC)n2)CCCCC1. The smallest absolute Gasteiger partial charge is 0.240 e. The summed E-state index contributed by atoms with van der Waals surface area (Å²) in [7, 11) is 1.86. The molecule has 0 unspecified atom stereocenters. The quantitative estimate of drug-likeness (QED) is 0.851. The van der Waals surface area contributed by atoms with Gasteiger partial charge in [-0.3, -0.25) is 0 Å². The Morgan fingerprint density at radius 3 is 2.76 bits per heavy atom. The number of nitrogens with zero attached hydrogens (tertiary/aromatic N) is 2. The molecule has 1 aromatic rings. The van der Waals surface area contributed by atoms with Crippen molar-refractivity contribution in [3.8, 4) is 0 Å². The minimum absolute atomic E-state index is 0.303. The van der Waals surface area contributed by atoms with Crippen LogP contribution in [0, 0.1) is 0 Å². The molecule has 1 saturated carbocycles. The van der Waals surface area contributed by atoms with Gasteiger partial charge in [0, 0.05) is 6.61 Å². The van der Waals surface area contributed by atoms with Crippen molar-refractivity contribution in [1.29, 1.82) is 0 Å². The average Bonchev–Trinajstić information content (AvgIpc) is 2.80. The van der Waals surface area contributed by atoms with Gasteiger partial charge in [0.25, 0.3) is 0 Å². The number of rotatable bonds is 5. The van der Waals surface area contributed by atoms with Gasteiger partial charge in [-0.1, -0.05) is 24.4 Å². The Kier molecular flexibility index (Phi) is 4.12. The minimum Gasteiger partial charge on any atom is -0.367 e. The van der Waals surface area contributed by atoms with Crippen molar-refractivity contribution in [2.24, 2.45) is 0 Å². The second-order valence-electron chi connectivity index (χ2n) is 4.53. The van der Waals surface area contributed by atoms with E-state index in [4.69, 9.17) is 9.26 Å². The Hall–Kier alpha value is -0.940. The highest BCUT2D eigenvalue weighted by atomic mass is 16.5. The maximum atomic E-state index is 5.94. The highest BCUT2D eigenvalue weighted by Crippen LogP contribution is 2.38. The molecule has 0 amide bonds. The first-order chi connectivity index (χ1) is 8.30. The monoisotopic (exact) mass is 239 g/mol. The molecule has 0 spiro atoms. The highest BCUT2D eigenvalue weighted by molar-refractivity contribution is 5.03. The van der Waals surface area contributed by atoms with Crippen LogP contribution in [-0.2, 0) is 16.9 Å². The van der Waals surface area contributed by atoms with Gasteiger partial charge in [0.2, 0.25) is 11.7 Å². The van der Waals surface area contributed by atoms with Crippen LogP contribution in [0.5, 0.6) is 0 Å². The fourth-order valence-electron chi connectivity index (χ4n) is 2.49. The predicted molar refractivity (Wildman–Crippen MR) is 63.5 cm³/mol. The molecule has 0 saturated heterocycles. The van der Waals surface area contributed by atoms with E-state index >= 15 is 0 Å². The molecule has 2 rings (SSSR count). The predicted octanol–water partition coefficient (Wildman–Crippen LogP) is 1.98. The molecule has 0 atom stereocenters. The first-order valence-corrected chi connectivity index (χ1v) is 6.42. The van der Waals surface area contributed by atoms with E-state index in [1.807, 2.05) is 14.0 Å². The third kappa shape index (κ3) is 2.66. The van der Waals surface area contributed by atoms with Crippen LogP contribution in [0.25, 0.3) is 0 Å². The van der Waals surface area contributed by atoms with Gasteiger partial charge >= 0.3 is 0 Å². The lowest BCUT2D eigenvalue weighted by Crippen LogP contribution is -2.33. The molecule has 0 aliphatic heterocycles. The number of aromatic nitrogens is 2. The summed E-state index contributed by atoms with van der Waals surface area (Å²) in [6.45, 7) is 3.32. The summed E-state index contributed by atoms with van der Waals surface area (Å²) in [6.07, 6.45) is 5.63. The van der Waals surface area contributed by atoms with Gasteiger partial charge < -0.3 is 14.6 Å². The van der Waals surface area contributed by atoms with E-state index in [1.54, 1.807) is 0 Å². The van der Waals surface area contributed by atoms with Crippen LogP contribution in [0.1, 0.15) is 50.7 Å². The Labute approximate surface area is 102 Å². The van der Waals surface area contributed by atoms with E-state index in [1.165, 1.54) is 19.3 Å². The molecule has 96 valence electrons. The molecule has 1 aliphatic carbocycles. The van der Waals surface area contributed by atoms with E-state index in [9.17, 15) is 0 Å². The van der Waals surface area contributed by atoms with Crippen LogP contribution in [0.4, 0.5) is 0 Å². The Morgan fingerprint density at radius 2 is 2.12 bits per heavy atom. The van der Waals surface area contributed by atoms with Crippen molar-refractivity contribution in [3.05, 3.63) is 11.7 Å².